The molecule has 118 valence electrons. The van der Waals surface area contributed by atoms with E-state index in [4.69, 9.17) is 26.9 Å². The van der Waals surface area contributed by atoms with Crippen LogP contribution in [0.1, 0.15) is 23.8 Å². The van der Waals surface area contributed by atoms with Crippen LogP contribution in [0.15, 0.2) is 34.7 Å². The van der Waals surface area contributed by atoms with Gasteiger partial charge >= 0.3 is 12.1 Å². The Morgan fingerprint density at radius 3 is 2.59 bits per heavy atom. The molecule has 1 atom stereocenters. The number of benzene rings is 1. The van der Waals surface area contributed by atoms with Crippen molar-refractivity contribution in [3.8, 4) is 11.3 Å². The zero-order valence-electron chi connectivity index (χ0n) is 11.0. The smallest absolute Gasteiger partial charge is 0.416 e. The molecule has 0 radical (unpaired) electrons. The molecule has 0 spiro atoms. The van der Waals surface area contributed by atoms with Crippen molar-refractivity contribution in [2.45, 2.75) is 18.6 Å². The molecule has 0 fully saturated rings. The normalized spacial score (nSPS) is 13.1. The fourth-order valence-corrected chi connectivity index (χ4v) is 2.09. The summed E-state index contributed by atoms with van der Waals surface area (Å²) in [5, 5.41) is 8.76. The molecule has 2 aromatic rings. The summed E-state index contributed by atoms with van der Waals surface area (Å²) in [6.07, 6.45) is -4.86. The second-order valence-electron chi connectivity index (χ2n) is 4.60. The number of hydrogen-bond acceptors (Lipinski definition) is 3. The zero-order valence-corrected chi connectivity index (χ0v) is 11.8. The highest BCUT2D eigenvalue weighted by Crippen LogP contribution is 2.37. The van der Waals surface area contributed by atoms with E-state index in [1.54, 1.807) is 0 Å². The van der Waals surface area contributed by atoms with Gasteiger partial charge in [-0.05, 0) is 30.3 Å². The van der Waals surface area contributed by atoms with E-state index < -0.39 is 23.8 Å². The van der Waals surface area contributed by atoms with E-state index in [2.05, 4.69) is 0 Å². The summed E-state index contributed by atoms with van der Waals surface area (Å²) < 4.78 is 43.5. The van der Waals surface area contributed by atoms with Gasteiger partial charge in [0.15, 0.2) is 0 Å². The highest BCUT2D eigenvalue weighted by molar-refractivity contribution is 6.33. The summed E-state index contributed by atoms with van der Waals surface area (Å²) in [7, 11) is 0. The van der Waals surface area contributed by atoms with Crippen LogP contribution in [0.2, 0.25) is 5.02 Å². The van der Waals surface area contributed by atoms with E-state index in [-0.39, 0.29) is 28.5 Å². The van der Waals surface area contributed by atoms with Gasteiger partial charge in [0.25, 0.3) is 0 Å². The monoisotopic (exact) mass is 333 g/mol. The van der Waals surface area contributed by atoms with E-state index >= 15 is 0 Å². The molecule has 4 nitrogen and oxygen atoms in total. The second kappa shape index (κ2) is 6.02. The molecular formula is C14H11ClF3NO3. The van der Waals surface area contributed by atoms with E-state index in [1.165, 1.54) is 12.1 Å². The minimum atomic E-state index is -4.51. The van der Waals surface area contributed by atoms with Crippen molar-refractivity contribution in [3.05, 3.63) is 46.7 Å². The molecular weight excluding hydrogens is 323 g/mol. The van der Waals surface area contributed by atoms with Crippen LogP contribution >= 0.6 is 11.6 Å². The summed E-state index contributed by atoms with van der Waals surface area (Å²) in [4.78, 5) is 10.6. The molecule has 2 rings (SSSR count). The van der Waals surface area contributed by atoms with E-state index in [1.807, 2.05) is 0 Å². The first-order valence-electron chi connectivity index (χ1n) is 6.12. The minimum absolute atomic E-state index is 0.0604. The molecule has 0 unspecified atom stereocenters. The van der Waals surface area contributed by atoms with Gasteiger partial charge in [-0.1, -0.05) is 11.6 Å². The average molecular weight is 334 g/mol. The fourth-order valence-electron chi connectivity index (χ4n) is 1.88. The number of carboxylic acids is 1. The number of rotatable bonds is 4. The average Bonchev–Trinajstić information content (AvgIpc) is 2.86. The van der Waals surface area contributed by atoms with E-state index in [0.29, 0.717) is 0 Å². The zero-order chi connectivity index (χ0) is 16.5. The predicted molar refractivity (Wildman–Crippen MR) is 73.3 cm³/mol. The van der Waals surface area contributed by atoms with Crippen molar-refractivity contribution < 1.29 is 27.5 Å². The van der Waals surface area contributed by atoms with Gasteiger partial charge in [0.05, 0.1) is 23.0 Å². The Balaban J connectivity index is 2.37. The molecule has 0 bridgehead atoms. The first-order valence-corrected chi connectivity index (χ1v) is 6.50. The number of nitrogens with two attached hydrogens (primary N) is 1. The number of carbonyl (C=O) groups is 1. The Kier molecular flexibility index (Phi) is 4.48. The minimum Gasteiger partial charge on any atom is -0.481 e. The standard InChI is InChI=1S/C14H11ClF3NO3/c15-9-2-1-7(14(16,17)18)5-8(9)11-3-4-12(22-11)10(19)6-13(20)21/h1-5,10H,6,19H2,(H,20,21)/t10-/m1/s1. The molecule has 3 N–H and O–H groups in total. The van der Waals surface area contributed by atoms with Gasteiger partial charge in [0.1, 0.15) is 11.5 Å². The first kappa shape index (κ1) is 16.4. The Labute approximate surface area is 128 Å². The van der Waals surface area contributed by atoms with Crippen molar-refractivity contribution in [3.63, 3.8) is 0 Å². The van der Waals surface area contributed by atoms with Gasteiger partial charge in [0, 0.05) is 5.56 Å². The van der Waals surface area contributed by atoms with Gasteiger partial charge < -0.3 is 15.3 Å². The van der Waals surface area contributed by atoms with Crippen LogP contribution in [-0.4, -0.2) is 11.1 Å². The molecule has 0 aliphatic rings. The number of alkyl halides is 3. The molecule has 1 heterocycles. The summed E-state index contributed by atoms with van der Waals surface area (Å²) in [6.45, 7) is 0. The number of carboxylic acid groups (broad SMARTS) is 1. The lowest BCUT2D eigenvalue weighted by atomic mass is 10.1. The maximum absolute atomic E-state index is 12.7. The van der Waals surface area contributed by atoms with Gasteiger partial charge in [-0.3, -0.25) is 4.79 Å². The maximum atomic E-state index is 12.7. The number of halogens is 4. The summed E-state index contributed by atoms with van der Waals surface area (Å²) in [5.74, 6) is -0.861. The molecule has 1 aromatic heterocycles. The van der Waals surface area contributed by atoms with Crippen LogP contribution in [0.5, 0.6) is 0 Å². The van der Waals surface area contributed by atoms with Gasteiger partial charge in [-0.2, -0.15) is 13.2 Å². The fraction of sp³-hybridized carbons (Fsp3) is 0.214. The third kappa shape index (κ3) is 3.61. The van der Waals surface area contributed by atoms with E-state index in [0.717, 1.165) is 18.2 Å². The van der Waals surface area contributed by atoms with Gasteiger partial charge in [-0.15, -0.1) is 0 Å². The Morgan fingerprint density at radius 2 is 2.00 bits per heavy atom. The third-order valence-corrected chi connectivity index (χ3v) is 3.28. The number of hydrogen-bond donors (Lipinski definition) is 2. The Morgan fingerprint density at radius 1 is 1.32 bits per heavy atom. The molecule has 0 aliphatic carbocycles. The topological polar surface area (TPSA) is 76.5 Å². The van der Waals surface area contributed by atoms with Gasteiger partial charge in [0.2, 0.25) is 0 Å². The third-order valence-electron chi connectivity index (χ3n) is 2.95. The summed E-state index contributed by atoms with van der Waals surface area (Å²) >= 11 is 5.90. The maximum Gasteiger partial charge on any atom is 0.416 e. The first-order chi connectivity index (χ1) is 10.2. The largest absolute Gasteiger partial charge is 0.481 e. The van der Waals surface area contributed by atoms with Crippen LogP contribution in [0.4, 0.5) is 13.2 Å². The SMILES string of the molecule is N[C@H](CC(=O)O)c1ccc(-c2cc(C(F)(F)F)ccc2Cl)o1. The lowest BCUT2D eigenvalue weighted by Crippen LogP contribution is -2.14. The second-order valence-corrected chi connectivity index (χ2v) is 5.01. The molecule has 8 heteroatoms. The number of aliphatic carboxylic acids is 1. The van der Waals surface area contributed by atoms with Crippen LogP contribution in [0.3, 0.4) is 0 Å². The van der Waals surface area contributed by atoms with Crippen LogP contribution < -0.4 is 5.73 Å². The van der Waals surface area contributed by atoms with E-state index in [9.17, 15) is 18.0 Å². The summed E-state index contributed by atoms with van der Waals surface area (Å²) in [5.41, 5.74) is 4.84. The quantitative estimate of drug-likeness (QED) is 0.883. The molecule has 0 amide bonds. The van der Waals surface area contributed by atoms with Gasteiger partial charge in [-0.25, -0.2) is 0 Å². The Bertz CT molecular complexity index is 697. The predicted octanol–water partition coefficient (Wildman–Crippen LogP) is 4.09. The molecule has 0 saturated heterocycles. The van der Waals surface area contributed by atoms with Crippen molar-refractivity contribution in [1.82, 2.24) is 0 Å². The lowest BCUT2D eigenvalue weighted by Gasteiger charge is -2.09. The summed E-state index contributed by atoms with van der Waals surface area (Å²) in [6, 6.07) is 4.78. The lowest BCUT2D eigenvalue weighted by molar-refractivity contribution is -0.138. The highest BCUT2D eigenvalue weighted by Gasteiger charge is 2.31. The van der Waals surface area contributed by atoms with Crippen LogP contribution in [0.25, 0.3) is 11.3 Å². The molecule has 1 aromatic carbocycles. The Hall–Kier alpha value is -1.99. The van der Waals surface area contributed by atoms with Crippen LogP contribution in [0, 0.1) is 0 Å². The van der Waals surface area contributed by atoms with Crippen molar-refractivity contribution in [1.29, 1.82) is 0 Å². The van der Waals surface area contributed by atoms with Crippen molar-refractivity contribution in [2.75, 3.05) is 0 Å². The van der Waals surface area contributed by atoms with Crippen LogP contribution in [-0.2, 0) is 11.0 Å². The number of furan rings is 1. The van der Waals surface area contributed by atoms with Crippen molar-refractivity contribution >= 4 is 17.6 Å². The molecule has 0 aliphatic heterocycles. The molecule has 0 saturated carbocycles. The molecule has 22 heavy (non-hydrogen) atoms. The van der Waals surface area contributed by atoms with Crippen molar-refractivity contribution in [2.24, 2.45) is 5.73 Å². The highest BCUT2D eigenvalue weighted by atomic mass is 35.5.